The highest BCUT2D eigenvalue weighted by Gasteiger charge is 2.42. The van der Waals surface area contributed by atoms with Crippen LogP contribution in [0.3, 0.4) is 0 Å². The van der Waals surface area contributed by atoms with Crippen molar-refractivity contribution in [3.8, 4) is 0 Å². The standard InChI is InChI=1S/C14H5F7N2O3/c15-8-7(14(19,20)21)9(16)11(18)12(10(8)17)22-13(24)5-1-3-6(4-2-5)23(25)26/h1-4H,(H,22,24). The largest absolute Gasteiger partial charge is 0.422 e. The molecule has 0 spiro atoms. The third kappa shape index (κ3) is 3.43. The van der Waals surface area contributed by atoms with Crippen molar-refractivity contribution in [1.82, 2.24) is 0 Å². The second kappa shape index (κ2) is 6.61. The quantitative estimate of drug-likeness (QED) is 0.370. The molecule has 0 fully saturated rings. The van der Waals surface area contributed by atoms with E-state index in [0.29, 0.717) is 0 Å². The number of amides is 1. The molecule has 0 aliphatic heterocycles. The number of nitro benzene ring substituents is 1. The van der Waals surface area contributed by atoms with Gasteiger partial charge in [0.25, 0.3) is 11.6 Å². The molecule has 2 aromatic carbocycles. The molecule has 0 heterocycles. The lowest BCUT2D eigenvalue weighted by molar-refractivity contribution is -0.384. The van der Waals surface area contributed by atoms with Crippen LogP contribution in [-0.4, -0.2) is 10.8 Å². The molecular formula is C14H5F7N2O3. The van der Waals surface area contributed by atoms with E-state index in [1.54, 1.807) is 0 Å². The molecule has 0 atom stereocenters. The first-order chi connectivity index (χ1) is 11.9. The minimum absolute atomic E-state index is 0.407. The van der Waals surface area contributed by atoms with Gasteiger partial charge in [0.05, 0.1) is 4.92 Å². The van der Waals surface area contributed by atoms with E-state index in [4.69, 9.17) is 0 Å². The molecule has 5 nitrogen and oxygen atoms in total. The molecule has 0 radical (unpaired) electrons. The fourth-order valence-electron chi connectivity index (χ4n) is 1.91. The van der Waals surface area contributed by atoms with Crippen molar-refractivity contribution in [1.29, 1.82) is 0 Å². The lowest BCUT2D eigenvalue weighted by Gasteiger charge is -2.14. The van der Waals surface area contributed by atoms with Crippen LogP contribution >= 0.6 is 0 Å². The van der Waals surface area contributed by atoms with Gasteiger partial charge in [0.2, 0.25) is 0 Å². The Bertz CT molecular complexity index is 866. The minimum atomic E-state index is -5.71. The van der Waals surface area contributed by atoms with Gasteiger partial charge in [-0.1, -0.05) is 0 Å². The summed E-state index contributed by atoms with van der Waals surface area (Å²) in [7, 11) is 0. The number of halogens is 7. The Morgan fingerprint density at radius 3 is 1.77 bits per heavy atom. The SMILES string of the molecule is O=C(Nc1c(F)c(F)c(C(F)(F)F)c(F)c1F)c1ccc([N+](=O)[O-])cc1. The summed E-state index contributed by atoms with van der Waals surface area (Å²) in [6.45, 7) is 0. The average Bonchev–Trinajstić information content (AvgIpc) is 2.55. The molecule has 12 heteroatoms. The summed E-state index contributed by atoms with van der Waals surface area (Å²) in [5.74, 6) is -11.7. The first-order valence-electron chi connectivity index (χ1n) is 6.44. The molecule has 138 valence electrons. The molecule has 26 heavy (non-hydrogen) atoms. The Labute approximate surface area is 139 Å². The van der Waals surface area contributed by atoms with Crippen molar-refractivity contribution in [2.24, 2.45) is 0 Å². The third-order valence-corrected chi connectivity index (χ3v) is 3.13. The van der Waals surface area contributed by atoms with E-state index in [1.165, 1.54) is 5.32 Å². The lowest BCUT2D eigenvalue weighted by Crippen LogP contribution is -2.20. The number of carbonyl (C=O) groups is 1. The Morgan fingerprint density at radius 1 is 0.923 bits per heavy atom. The summed E-state index contributed by atoms with van der Waals surface area (Å²) in [6.07, 6.45) is -5.71. The predicted molar refractivity (Wildman–Crippen MR) is 72.3 cm³/mol. The molecule has 1 N–H and O–H groups in total. The highest BCUT2D eigenvalue weighted by Crippen LogP contribution is 2.38. The zero-order valence-corrected chi connectivity index (χ0v) is 12.1. The molecule has 1 amide bonds. The number of alkyl halides is 3. The number of rotatable bonds is 3. The lowest BCUT2D eigenvalue weighted by atomic mass is 10.1. The number of nitro groups is 1. The van der Waals surface area contributed by atoms with Crippen molar-refractivity contribution < 1.29 is 40.5 Å². The van der Waals surface area contributed by atoms with Gasteiger partial charge in [-0.15, -0.1) is 0 Å². The Hall–Kier alpha value is -3.18. The van der Waals surface area contributed by atoms with E-state index in [-0.39, 0.29) is 0 Å². The van der Waals surface area contributed by atoms with Crippen LogP contribution in [0.25, 0.3) is 0 Å². The van der Waals surface area contributed by atoms with Gasteiger partial charge in [0.1, 0.15) is 11.3 Å². The number of hydrogen-bond acceptors (Lipinski definition) is 3. The number of anilines is 1. The molecule has 0 aliphatic rings. The zero-order chi connectivity index (χ0) is 19.8. The number of non-ortho nitro benzene ring substituents is 1. The summed E-state index contributed by atoms with van der Waals surface area (Å²) >= 11 is 0. The Kier molecular flexibility index (Phi) is 4.87. The van der Waals surface area contributed by atoms with Crippen LogP contribution in [0.1, 0.15) is 15.9 Å². The predicted octanol–water partition coefficient (Wildman–Crippen LogP) is 4.42. The number of hydrogen-bond donors (Lipinski definition) is 1. The first-order valence-corrected chi connectivity index (χ1v) is 6.44. The normalized spacial score (nSPS) is 11.3. The fraction of sp³-hybridized carbons (Fsp3) is 0.0714. The van der Waals surface area contributed by atoms with Crippen LogP contribution in [-0.2, 0) is 6.18 Å². The maximum absolute atomic E-state index is 13.7. The molecule has 0 saturated carbocycles. The number of nitrogens with zero attached hydrogens (tertiary/aromatic N) is 1. The maximum Gasteiger partial charge on any atom is 0.422 e. The van der Waals surface area contributed by atoms with Gasteiger partial charge in [0, 0.05) is 17.7 Å². The molecular weight excluding hydrogens is 377 g/mol. The average molecular weight is 382 g/mol. The van der Waals surface area contributed by atoms with Crippen LogP contribution in [0, 0.1) is 33.4 Å². The van der Waals surface area contributed by atoms with Crippen molar-refractivity contribution >= 4 is 17.3 Å². The van der Waals surface area contributed by atoms with E-state index in [2.05, 4.69) is 0 Å². The van der Waals surface area contributed by atoms with Gasteiger partial charge in [0.15, 0.2) is 23.3 Å². The maximum atomic E-state index is 13.7. The van der Waals surface area contributed by atoms with Crippen molar-refractivity contribution in [3.05, 3.63) is 68.8 Å². The highest BCUT2D eigenvalue weighted by molar-refractivity contribution is 6.04. The second-order valence-corrected chi connectivity index (χ2v) is 4.76. The van der Waals surface area contributed by atoms with Gasteiger partial charge < -0.3 is 5.32 Å². The fourth-order valence-corrected chi connectivity index (χ4v) is 1.91. The topological polar surface area (TPSA) is 72.2 Å². The van der Waals surface area contributed by atoms with Gasteiger partial charge in [-0.3, -0.25) is 14.9 Å². The smallest absolute Gasteiger partial charge is 0.317 e. The summed E-state index contributed by atoms with van der Waals surface area (Å²) < 4.78 is 91.7. The van der Waals surface area contributed by atoms with Gasteiger partial charge in [-0.25, -0.2) is 17.6 Å². The summed E-state index contributed by atoms with van der Waals surface area (Å²) in [4.78, 5) is 21.5. The summed E-state index contributed by atoms with van der Waals surface area (Å²) in [5.41, 5.74) is -5.38. The molecule has 2 aromatic rings. The highest BCUT2D eigenvalue weighted by atomic mass is 19.4. The number of benzene rings is 2. The van der Waals surface area contributed by atoms with Crippen LogP contribution in [0.2, 0.25) is 0 Å². The van der Waals surface area contributed by atoms with E-state index in [9.17, 15) is 45.6 Å². The van der Waals surface area contributed by atoms with Gasteiger partial charge in [-0.05, 0) is 12.1 Å². The molecule has 0 aliphatic carbocycles. The summed E-state index contributed by atoms with van der Waals surface area (Å²) in [5, 5.41) is 11.9. The van der Waals surface area contributed by atoms with Crippen molar-refractivity contribution in [2.75, 3.05) is 5.32 Å². The van der Waals surface area contributed by atoms with Crippen molar-refractivity contribution in [3.63, 3.8) is 0 Å². The van der Waals surface area contributed by atoms with Gasteiger partial charge in [-0.2, -0.15) is 13.2 Å². The van der Waals surface area contributed by atoms with E-state index >= 15 is 0 Å². The monoisotopic (exact) mass is 382 g/mol. The van der Waals surface area contributed by atoms with E-state index in [1.807, 2.05) is 0 Å². The van der Waals surface area contributed by atoms with E-state index < -0.39 is 62.8 Å². The second-order valence-electron chi connectivity index (χ2n) is 4.76. The number of carbonyl (C=O) groups excluding carboxylic acids is 1. The number of nitrogens with one attached hydrogen (secondary N) is 1. The van der Waals surface area contributed by atoms with Gasteiger partial charge >= 0.3 is 6.18 Å². The Balaban J connectivity index is 2.44. The zero-order valence-electron chi connectivity index (χ0n) is 12.1. The van der Waals surface area contributed by atoms with Crippen molar-refractivity contribution in [2.45, 2.75) is 6.18 Å². The third-order valence-electron chi connectivity index (χ3n) is 3.13. The van der Waals surface area contributed by atoms with Crippen LogP contribution in [0.15, 0.2) is 24.3 Å². The molecule has 0 saturated heterocycles. The van der Waals surface area contributed by atoms with Crippen LogP contribution in [0.5, 0.6) is 0 Å². The van der Waals surface area contributed by atoms with Crippen LogP contribution < -0.4 is 5.32 Å². The first kappa shape index (κ1) is 19.1. The molecule has 2 rings (SSSR count). The molecule has 0 bridgehead atoms. The minimum Gasteiger partial charge on any atom is -0.317 e. The molecule has 0 unspecified atom stereocenters. The molecule has 0 aromatic heterocycles. The van der Waals surface area contributed by atoms with E-state index in [0.717, 1.165) is 24.3 Å². The Morgan fingerprint density at radius 2 is 1.38 bits per heavy atom. The summed E-state index contributed by atoms with van der Waals surface area (Å²) in [6, 6.07) is 3.44. The van der Waals surface area contributed by atoms with Crippen LogP contribution in [0.4, 0.5) is 42.1 Å².